The molecule has 2 aromatic rings. The van der Waals surface area contributed by atoms with Gasteiger partial charge in [0.25, 0.3) is 0 Å². The Morgan fingerprint density at radius 1 is 1.07 bits per heavy atom. The fourth-order valence-corrected chi connectivity index (χ4v) is 2.69. The number of anilines is 1. The zero-order chi connectivity index (χ0) is 19.9. The van der Waals surface area contributed by atoms with Gasteiger partial charge in [-0.25, -0.2) is 9.80 Å². The third-order valence-electron chi connectivity index (χ3n) is 3.81. The van der Waals surface area contributed by atoms with Gasteiger partial charge in [-0.15, -0.1) is 0 Å². The minimum atomic E-state index is -0.667. The van der Waals surface area contributed by atoms with E-state index in [9.17, 15) is 9.59 Å². The van der Waals surface area contributed by atoms with Crippen molar-refractivity contribution in [3.05, 3.63) is 84.1 Å². The average molecular weight is 391 g/mol. The smallest absolute Gasteiger partial charge is 0.332 e. The number of Topliss-reactive ketones (excluding diaryl/α,β-unsaturated/α-hetero) is 1. The summed E-state index contributed by atoms with van der Waals surface area (Å²) in [7, 11) is 1.24. The quantitative estimate of drug-likeness (QED) is 0.489. The molecule has 28 heavy (non-hydrogen) atoms. The van der Waals surface area contributed by atoms with Gasteiger partial charge < -0.3 is 10.1 Å². The van der Waals surface area contributed by atoms with Gasteiger partial charge in [-0.1, -0.05) is 54.6 Å². The predicted molar refractivity (Wildman–Crippen MR) is 113 cm³/mol. The fourth-order valence-electron chi connectivity index (χ4n) is 2.43. The second-order valence-corrected chi connectivity index (χ2v) is 6.11. The standard InChI is InChI=1S/C21H17N3O3S/c1-27-19(25)14-18-20(26)17(13-12-15-8-4-2-5-9-15)23-24(18)21(28)22-16-10-6-3-7-11-16/h2-14H,1H3,(H,22,28)/b13-12+,18-14+. The zero-order valence-corrected chi connectivity index (χ0v) is 15.8. The van der Waals surface area contributed by atoms with E-state index < -0.39 is 11.8 Å². The van der Waals surface area contributed by atoms with Crippen molar-refractivity contribution in [2.45, 2.75) is 0 Å². The third kappa shape index (κ3) is 4.57. The highest BCUT2D eigenvalue weighted by Gasteiger charge is 2.32. The monoisotopic (exact) mass is 391 g/mol. The topological polar surface area (TPSA) is 71.0 Å². The summed E-state index contributed by atoms with van der Waals surface area (Å²) in [6, 6.07) is 18.7. The summed E-state index contributed by atoms with van der Waals surface area (Å²) in [6.45, 7) is 0. The van der Waals surface area contributed by atoms with E-state index >= 15 is 0 Å². The first-order valence-electron chi connectivity index (χ1n) is 8.40. The second kappa shape index (κ2) is 8.88. The Kier molecular flexibility index (Phi) is 6.08. The Hall–Kier alpha value is -3.58. The minimum Gasteiger partial charge on any atom is -0.466 e. The van der Waals surface area contributed by atoms with Gasteiger partial charge in [-0.05, 0) is 36.0 Å². The van der Waals surface area contributed by atoms with Crippen molar-refractivity contribution in [3.63, 3.8) is 0 Å². The fraction of sp³-hybridized carbons (Fsp3) is 0.0476. The molecule has 0 saturated heterocycles. The molecule has 7 heteroatoms. The summed E-state index contributed by atoms with van der Waals surface area (Å²) in [4.78, 5) is 24.5. The summed E-state index contributed by atoms with van der Waals surface area (Å²) in [5.41, 5.74) is 1.84. The summed E-state index contributed by atoms with van der Waals surface area (Å²) in [5, 5.41) is 8.68. The van der Waals surface area contributed by atoms with E-state index in [0.29, 0.717) is 0 Å². The van der Waals surface area contributed by atoms with E-state index in [0.717, 1.165) is 17.3 Å². The van der Waals surface area contributed by atoms with Crippen LogP contribution in [0.5, 0.6) is 0 Å². The average Bonchev–Trinajstić information content (AvgIpc) is 3.03. The van der Waals surface area contributed by atoms with Gasteiger partial charge >= 0.3 is 5.97 Å². The van der Waals surface area contributed by atoms with Crippen LogP contribution >= 0.6 is 12.2 Å². The lowest BCUT2D eigenvalue weighted by atomic mass is 10.1. The maximum Gasteiger partial charge on any atom is 0.332 e. The first-order valence-corrected chi connectivity index (χ1v) is 8.81. The summed E-state index contributed by atoms with van der Waals surface area (Å²) in [6.07, 6.45) is 4.44. The van der Waals surface area contributed by atoms with Gasteiger partial charge in [0.05, 0.1) is 13.2 Å². The van der Waals surface area contributed by atoms with E-state index in [1.165, 1.54) is 12.1 Å². The number of allylic oxidation sites excluding steroid dienone is 2. The molecule has 0 radical (unpaired) electrons. The van der Waals surface area contributed by atoms with Crippen LogP contribution in [0.15, 0.2) is 83.6 Å². The maximum absolute atomic E-state index is 12.8. The van der Waals surface area contributed by atoms with Gasteiger partial charge in [-0.2, -0.15) is 5.10 Å². The molecule has 0 atom stereocenters. The molecular weight excluding hydrogens is 374 g/mol. The van der Waals surface area contributed by atoms with Crippen molar-refractivity contribution in [2.24, 2.45) is 5.10 Å². The van der Waals surface area contributed by atoms with Crippen LogP contribution in [0.2, 0.25) is 0 Å². The summed E-state index contributed by atoms with van der Waals surface area (Å²) < 4.78 is 4.64. The number of esters is 1. The van der Waals surface area contributed by atoms with Gasteiger partial charge in [0.15, 0.2) is 5.11 Å². The number of carbonyl (C=O) groups excluding carboxylic acids is 2. The number of para-hydroxylation sites is 1. The van der Waals surface area contributed by atoms with Crippen LogP contribution in [0.4, 0.5) is 5.69 Å². The van der Waals surface area contributed by atoms with E-state index in [2.05, 4.69) is 15.2 Å². The molecule has 1 aliphatic heterocycles. The van der Waals surface area contributed by atoms with Crippen LogP contribution in [0, 0.1) is 0 Å². The zero-order valence-electron chi connectivity index (χ0n) is 15.0. The molecule has 0 saturated carbocycles. The van der Waals surface area contributed by atoms with Crippen molar-refractivity contribution >= 4 is 46.6 Å². The molecule has 0 aliphatic carbocycles. The molecule has 0 unspecified atom stereocenters. The molecule has 140 valence electrons. The van der Waals surface area contributed by atoms with Gasteiger partial charge in [-0.3, -0.25) is 4.79 Å². The molecule has 0 aromatic heterocycles. The molecule has 0 fully saturated rings. The van der Waals surface area contributed by atoms with Crippen molar-refractivity contribution in [3.8, 4) is 0 Å². The normalized spacial score (nSPS) is 15.0. The SMILES string of the molecule is COC(=O)/C=C1\C(=O)C(/C=C/c2ccccc2)=NN1C(=S)Nc1ccccc1. The number of nitrogens with one attached hydrogen (secondary N) is 1. The molecule has 2 aromatic carbocycles. The van der Waals surface area contributed by atoms with Crippen molar-refractivity contribution in [1.82, 2.24) is 5.01 Å². The maximum atomic E-state index is 12.8. The Labute approximate surface area is 167 Å². The molecule has 6 nitrogen and oxygen atoms in total. The summed E-state index contributed by atoms with van der Waals surface area (Å²) >= 11 is 5.38. The van der Waals surface area contributed by atoms with Crippen molar-refractivity contribution < 1.29 is 14.3 Å². The molecule has 3 rings (SSSR count). The Bertz CT molecular complexity index is 982. The minimum absolute atomic E-state index is 0.0213. The number of nitrogens with zero attached hydrogens (tertiary/aromatic N) is 2. The summed E-state index contributed by atoms with van der Waals surface area (Å²) in [5.74, 6) is -1.09. The van der Waals surface area contributed by atoms with Gasteiger partial charge in [0.2, 0.25) is 5.78 Å². The molecular formula is C21H17N3O3S. The van der Waals surface area contributed by atoms with Crippen LogP contribution in [-0.4, -0.2) is 34.7 Å². The van der Waals surface area contributed by atoms with Crippen molar-refractivity contribution in [1.29, 1.82) is 0 Å². The number of hydrazone groups is 1. The third-order valence-corrected chi connectivity index (χ3v) is 4.08. The predicted octanol–water partition coefficient (Wildman–Crippen LogP) is 3.39. The van der Waals surface area contributed by atoms with E-state index in [1.54, 1.807) is 12.2 Å². The Balaban J connectivity index is 1.89. The van der Waals surface area contributed by atoms with Crippen LogP contribution < -0.4 is 5.32 Å². The number of methoxy groups -OCH3 is 1. The molecule has 1 heterocycles. The number of ketones is 1. The second-order valence-electron chi connectivity index (χ2n) is 5.72. The van der Waals surface area contributed by atoms with Crippen LogP contribution in [0.1, 0.15) is 5.56 Å². The highest BCUT2D eigenvalue weighted by atomic mass is 32.1. The van der Waals surface area contributed by atoms with Crippen molar-refractivity contribution in [2.75, 3.05) is 12.4 Å². The lowest BCUT2D eigenvalue weighted by molar-refractivity contribution is -0.135. The van der Waals surface area contributed by atoms with Crippen LogP contribution in [0.25, 0.3) is 6.08 Å². The van der Waals surface area contributed by atoms with E-state index in [-0.39, 0.29) is 16.5 Å². The number of rotatable bonds is 4. The highest BCUT2D eigenvalue weighted by Crippen LogP contribution is 2.20. The molecule has 1 aliphatic rings. The molecule has 0 bridgehead atoms. The largest absolute Gasteiger partial charge is 0.466 e. The van der Waals surface area contributed by atoms with Crippen LogP contribution in [-0.2, 0) is 14.3 Å². The number of ether oxygens (including phenoxy) is 1. The Morgan fingerprint density at radius 3 is 2.36 bits per heavy atom. The number of benzene rings is 2. The molecule has 1 N–H and O–H groups in total. The van der Waals surface area contributed by atoms with Gasteiger partial charge in [0, 0.05) is 5.69 Å². The number of carbonyl (C=O) groups is 2. The van der Waals surface area contributed by atoms with E-state index in [4.69, 9.17) is 12.2 Å². The van der Waals surface area contributed by atoms with Gasteiger partial charge in [0.1, 0.15) is 11.4 Å². The number of hydrogen-bond donors (Lipinski definition) is 1. The lowest BCUT2D eigenvalue weighted by Crippen LogP contribution is -2.29. The lowest BCUT2D eigenvalue weighted by Gasteiger charge is -2.17. The number of thiocarbonyl (C=S) groups is 1. The molecule has 0 spiro atoms. The molecule has 0 amide bonds. The first kappa shape index (κ1) is 19.2. The first-order chi connectivity index (χ1) is 13.6. The number of hydrogen-bond acceptors (Lipinski definition) is 5. The highest BCUT2D eigenvalue weighted by molar-refractivity contribution is 7.80. The van der Waals surface area contributed by atoms with Crippen LogP contribution in [0.3, 0.4) is 0 Å². The Morgan fingerprint density at radius 2 is 1.71 bits per heavy atom. The van der Waals surface area contributed by atoms with E-state index in [1.807, 2.05) is 60.7 Å².